The summed E-state index contributed by atoms with van der Waals surface area (Å²) in [6.07, 6.45) is 0.824. The first-order valence-electron chi connectivity index (χ1n) is 4.96. The maximum Gasteiger partial charge on any atom is 0.0438 e. The van der Waals surface area contributed by atoms with E-state index in [1.165, 1.54) is 0 Å². The number of hydrogen-bond acceptors (Lipinski definition) is 1. The molecule has 0 aliphatic rings. The smallest absolute Gasteiger partial charge is 0.0438 e. The summed E-state index contributed by atoms with van der Waals surface area (Å²) in [4.78, 5) is 0. The van der Waals surface area contributed by atoms with Gasteiger partial charge < -0.3 is 5.73 Å². The molecule has 14 heavy (non-hydrogen) atoms. The van der Waals surface area contributed by atoms with Crippen molar-refractivity contribution >= 4 is 11.6 Å². The summed E-state index contributed by atoms with van der Waals surface area (Å²) in [6.45, 7) is 6.34. The summed E-state index contributed by atoms with van der Waals surface area (Å²) in [5.74, 6) is 0.443. The quantitative estimate of drug-likeness (QED) is 0.816. The minimum absolute atomic E-state index is 0.189. The summed E-state index contributed by atoms with van der Waals surface area (Å²) in [7, 11) is 0. The summed E-state index contributed by atoms with van der Waals surface area (Å²) < 4.78 is 0. The Balaban J connectivity index is 2.84. The van der Waals surface area contributed by atoms with Crippen LogP contribution in [0.3, 0.4) is 0 Å². The SMILES string of the molecule is CC(C)C(C)(N)Cc1ccccc1Cl. The van der Waals surface area contributed by atoms with Crippen LogP contribution in [0.15, 0.2) is 24.3 Å². The Bertz CT molecular complexity index is 305. The average Bonchev–Trinajstić information content (AvgIpc) is 2.08. The van der Waals surface area contributed by atoms with Gasteiger partial charge in [-0.15, -0.1) is 0 Å². The molecule has 0 amide bonds. The second-order valence-corrected chi connectivity index (χ2v) is 4.84. The van der Waals surface area contributed by atoms with Crippen LogP contribution in [0, 0.1) is 5.92 Å². The molecule has 1 aromatic carbocycles. The van der Waals surface area contributed by atoms with Crippen molar-refractivity contribution in [2.75, 3.05) is 0 Å². The van der Waals surface area contributed by atoms with Crippen LogP contribution in [-0.4, -0.2) is 5.54 Å². The van der Waals surface area contributed by atoms with Crippen molar-refractivity contribution in [2.45, 2.75) is 32.7 Å². The number of hydrogen-bond donors (Lipinski definition) is 1. The van der Waals surface area contributed by atoms with E-state index in [4.69, 9.17) is 17.3 Å². The topological polar surface area (TPSA) is 26.0 Å². The van der Waals surface area contributed by atoms with Gasteiger partial charge in [-0.25, -0.2) is 0 Å². The molecular weight excluding hydrogens is 194 g/mol. The van der Waals surface area contributed by atoms with Gasteiger partial charge in [-0.3, -0.25) is 0 Å². The minimum Gasteiger partial charge on any atom is -0.325 e. The third-order valence-electron chi connectivity index (χ3n) is 2.85. The van der Waals surface area contributed by atoms with Gasteiger partial charge in [0.05, 0.1) is 0 Å². The molecule has 0 saturated heterocycles. The fraction of sp³-hybridized carbons (Fsp3) is 0.500. The first kappa shape index (κ1) is 11.5. The van der Waals surface area contributed by atoms with Crippen LogP contribution in [0.4, 0.5) is 0 Å². The highest BCUT2D eigenvalue weighted by atomic mass is 35.5. The van der Waals surface area contributed by atoms with Gasteiger partial charge in [0.15, 0.2) is 0 Å². The lowest BCUT2D eigenvalue weighted by Gasteiger charge is -2.29. The molecule has 1 rings (SSSR count). The van der Waals surface area contributed by atoms with Gasteiger partial charge in [-0.05, 0) is 30.9 Å². The monoisotopic (exact) mass is 211 g/mol. The largest absolute Gasteiger partial charge is 0.325 e. The molecule has 0 aliphatic carbocycles. The zero-order chi connectivity index (χ0) is 10.8. The number of halogens is 1. The molecule has 0 spiro atoms. The summed E-state index contributed by atoms with van der Waals surface area (Å²) in [6, 6.07) is 7.88. The van der Waals surface area contributed by atoms with Gasteiger partial charge in [-0.2, -0.15) is 0 Å². The predicted molar refractivity (Wildman–Crippen MR) is 62.6 cm³/mol. The van der Waals surface area contributed by atoms with E-state index >= 15 is 0 Å². The molecule has 0 bridgehead atoms. The van der Waals surface area contributed by atoms with Crippen molar-refractivity contribution in [1.82, 2.24) is 0 Å². The first-order valence-corrected chi connectivity index (χ1v) is 5.33. The first-order chi connectivity index (χ1) is 6.43. The van der Waals surface area contributed by atoms with Crippen LogP contribution in [0.5, 0.6) is 0 Å². The second-order valence-electron chi connectivity index (χ2n) is 4.43. The van der Waals surface area contributed by atoms with Gasteiger partial charge in [-0.1, -0.05) is 43.6 Å². The Hall–Kier alpha value is -0.530. The van der Waals surface area contributed by atoms with E-state index in [9.17, 15) is 0 Å². The summed E-state index contributed by atoms with van der Waals surface area (Å²) >= 11 is 6.08. The minimum atomic E-state index is -0.189. The van der Waals surface area contributed by atoms with Crippen molar-refractivity contribution in [3.63, 3.8) is 0 Å². The predicted octanol–water partition coefficient (Wildman–Crippen LogP) is 3.26. The van der Waals surface area contributed by atoms with Crippen molar-refractivity contribution in [2.24, 2.45) is 11.7 Å². The van der Waals surface area contributed by atoms with E-state index in [2.05, 4.69) is 20.8 Å². The van der Waals surface area contributed by atoms with Crippen molar-refractivity contribution in [3.05, 3.63) is 34.9 Å². The van der Waals surface area contributed by atoms with Crippen molar-refractivity contribution in [1.29, 1.82) is 0 Å². The van der Waals surface area contributed by atoms with E-state index in [0.717, 1.165) is 17.0 Å². The van der Waals surface area contributed by atoms with Crippen LogP contribution in [0.2, 0.25) is 5.02 Å². The zero-order valence-corrected chi connectivity index (χ0v) is 9.81. The molecular formula is C12H18ClN. The molecule has 0 fully saturated rings. The van der Waals surface area contributed by atoms with Gasteiger partial charge in [0.25, 0.3) is 0 Å². The van der Waals surface area contributed by atoms with Gasteiger partial charge in [0, 0.05) is 10.6 Å². The number of benzene rings is 1. The molecule has 0 heterocycles. The van der Waals surface area contributed by atoms with Crippen LogP contribution < -0.4 is 5.73 Å². The van der Waals surface area contributed by atoms with Gasteiger partial charge >= 0.3 is 0 Å². The fourth-order valence-electron chi connectivity index (χ4n) is 1.26. The standard InChI is InChI=1S/C12H18ClN/c1-9(2)12(3,14)8-10-6-4-5-7-11(10)13/h4-7,9H,8,14H2,1-3H3. The van der Waals surface area contributed by atoms with Crippen LogP contribution in [-0.2, 0) is 6.42 Å². The molecule has 1 atom stereocenters. The van der Waals surface area contributed by atoms with Crippen molar-refractivity contribution in [3.8, 4) is 0 Å². The third kappa shape index (κ3) is 2.73. The van der Waals surface area contributed by atoms with Crippen LogP contribution in [0.1, 0.15) is 26.3 Å². The second kappa shape index (κ2) is 4.33. The molecule has 0 saturated carbocycles. The highest BCUT2D eigenvalue weighted by Gasteiger charge is 2.23. The van der Waals surface area contributed by atoms with E-state index < -0.39 is 0 Å². The summed E-state index contributed by atoms with van der Waals surface area (Å²) in [5.41, 5.74) is 7.14. The molecule has 1 unspecified atom stereocenters. The lowest BCUT2D eigenvalue weighted by Crippen LogP contribution is -2.43. The summed E-state index contributed by atoms with van der Waals surface area (Å²) in [5, 5.41) is 0.810. The lowest BCUT2D eigenvalue weighted by atomic mass is 9.84. The Kier molecular flexibility index (Phi) is 3.57. The number of rotatable bonds is 3. The maximum absolute atomic E-state index is 6.20. The average molecular weight is 212 g/mol. The molecule has 78 valence electrons. The molecule has 0 radical (unpaired) electrons. The van der Waals surface area contributed by atoms with Gasteiger partial charge in [0.2, 0.25) is 0 Å². The Morgan fingerprint density at radius 1 is 1.36 bits per heavy atom. The normalized spacial score (nSPS) is 15.6. The third-order valence-corrected chi connectivity index (χ3v) is 3.22. The number of nitrogens with two attached hydrogens (primary N) is 1. The Morgan fingerprint density at radius 2 is 1.93 bits per heavy atom. The van der Waals surface area contributed by atoms with E-state index in [1.807, 2.05) is 24.3 Å². The fourth-order valence-corrected chi connectivity index (χ4v) is 1.46. The van der Waals surface area contributed by atoms with Crippen molar-refractivity contribution < 1.29 is 0 Å². The molecule has 2 heteroatoms. The zero-order valence-electron chi connectivity index (χ0n) is 9.05. The van der Waals surface area contributed by atoms with Crippen LogP contribution in [0.25, 0.3) is 0 Å². The lowest BCUT2D eigenvalue weighted by molar-refractivity contribution is 0.338. The molecule has 1 aromatic rings. The van der Waals surface area contributed by atoms with Gasteiger partial charge in [0.1, 0.15) is 0 Å². The molecule has 2 N–H and O–H groups in total. The van der Waals surface area contributed by atoms with E-state index in [0.29, 0.717) is 5.92 Å². The maximum atomic E-state index is 6.20. The Morgan fingerprint density at radius 3 is 2.43 bits per heavy atom. The highest BCUT2D eigenvalue weighted by Crippen LogP contribution is 2.23. The molecule has 0 aliphatic heterocycles. The molecule has 0 aromatic heterocycles. The highest BCUT2D eigenvalue weighted by molar-refractivity contribution is 6.31. The van der Waals surface area contributed by atoms with Crippen LogP contribution >= 0.6 is 11.6 Å². The van der Waals surface area contributed by atoms with E-state index in [1.54, 1.807) is 0 Å². The molecule has 1 nitrogen and oxygen atoms in total. The van der Waals surface area contributed by atoms with E-state index in [-0.39, 0.29) is 5.54 Å². The Labute approximate surface area is 91.3 Å².